The Labute approximate surface area is 200 Å². The summed E-state index contributed by atoms with van der Waals surface area (Å²) in [5, 5.41) is 32.2. The number of anilines is 1. The summed E-state index contributed by atoms with van der Waals surface area (Å²) in [6, 6.07) is 10.6. The van der Waals surface area contributed by atoms with Crippen LogP contribution in [-0.4, -0.2) is 10.7 Å². The molecule has 2 N–H and O–H groups in total. The molecule has 5 rings (SSSR count). The number of hydrogen-bond acceptors (Lipinski definition) is 8. The lowest BCUT2D eigenvalue weighted by Gasteiger charge is -2.39. The number of thiophene rings is 1. The molecule has 0 bridgehead atoms. The van der Waals surface area contributed by atoms with E-state index in [2.05, 4.69) is 12.1 Å². The lowest BCUT2D eigenvalue weighted by molar-refractivity contribution is -0.384. The van der Waals surface area contributed by atoms with E-state index in [0.717, 1.165) is 36.1 Å². The number of non-ortho nitro benzene ring substituents is 1. The predicted molar refractivity (Wildman–Crippen MR) is 127 cm³/mol. The van der Waals surface area contributed by atoms with Crippen LogP contribution in [0.25, 0.3) is 0 Å². The molecule has 1 aromatic carbocycles. The fraction of sp³-hybridized carbons (Fsp3) is 0.320. The van der Waals surface area contributed by atoms with Crippen LogP contribution in [0.1, 0.15) is 59.6 Å². The summed E-state index contributed by atoms with van der Waals surface area (Å²) >= 11 is 1.51. The molecule has 3 aliphatic rings. The van der Waals surface area contributed by atoms with Gasteiger partial charge in [0.2, 0.25) is 0 Å². The molecule has 0 spiro atoms. The highest BCUT2D eigenvalue weighted by Gasteiger charge is 2.42. The van der Waals surface area contributed by atoms with E-state index < -0.39 is 10.8 Å². The number of benzene rings is 1. The maximum absolute atomic E-state index is 13.3. The molecule has 2 aliphatic carbocycles. The topological polar surface area (TPSA) is 137 Å². The number of ketones is 1. The molecule has 2 heterocycles. The third kappa shape index (κ3) is 3.28. The van der Waals surface area contributed by atoms with Crippen LogP contribution in [0.15, 0.2) is 46.9 Å². The summed E-state index contributed by atoms with van der Waals surface area (Å²) in [6.07, 6.45) is 5.36. The van der Waals surface area contributed by atoms with Gasteiger partial charge in [-0.05, 0) is 49.7 Å². The van der Waals surface area contributed by atoms with E-state index in [1.807, 2.05) is 0 Å². The number of allylic oxidation sites excluding steroid dienone is 3. The molecule has 0 fully saturated rings. The minimum Gasteiger partial charge on any atom is -0.384 e. The molecule has 0 saturated carbocycles. The standard InChI is InChI=1S/C25H21N5O3S/c26-12-17-16-7-1-2-10-21(16)34-25(17)29-19-8-4-9-20(31)23(19)22(18(13-27)24(29)28)14-5-3-6-15(11-14)30(32)33/h3,5-6,11,22H,1-2,4,7-10,28H2. The minimum absolute atomic E-state index is 0.0946. The van der Waals surface area contributed by atoms with Crippen LogP contribution in [0.2, 0.25) is 0 Å². The van der Waals surface area contributed by atoms with Crippen LogP contribution in [0, 0.1) is 32.8 Å². The molecule has 0 amide bonds. The first-order valence-electron chi connectivity index (χ1n) is 11.2. The van der Waals surface area contributed by atoms with Crippen LogP contribution in [-0.2, 0) is 17.6 Å². The summed E-state index contributed by atoms with van der Waals surface area (Å²) in [5.74, 6) is -0.686. The zero-order valence-corrected chi connectivity index (χ0v) is 19.2. The fourth-order valence-electron chi connectivity index (χ4n) is 5.29. The van der Waals surface area contributed by atoms with Gasteiger partial charge in [-0.2, -0.15) is 10.5 Å². The molecule has 0 saturated heterocycles. The van der Waals surface area contributed by atoms with Gasteiger partial charge in [-0.1, -0.05) is 12.1 Å². The van der Waals surface area contributed by atoms with Crippen LogP contribution >= 0.6 is 11.3 Å². The van der Waals surface area contributed by atoms with Gasteiger partial charge < -0.3 is 5.73 Å². The molecule has 170 valence electrons. The Balaban J connectivity index is 1.76. The molecule has 2 aromatic rings. The highest BCUT2D eigenvalue weighted by Crippen LogP contribution is 2.50. The van der Waals surface area contributed by atoms with Crippen molar-refractivity contribution < 1.29 is 9.72 Å². The minimum atomic E-state index is -0.774. The van der Waals surface area contributed by atoms with Crippen molar-refractivity contribution in [1.82, 2.24) is 0 Å². The van der Waals surface area contributed by atoms with Gasteiger partial charge >= 0.3 is 0 Å². The summed E-state index contributed by atoms with van der Waals surface area (Å²) in [7, 11) is 0. The first kappa shape index (κ1) is 21.9. The van der Waals surface area contributed by atoms with Crippen molar-refractivity contribution in [1.29, 1.82) is 10.5 Å². The molecule has 0 radical (unpaired) electrons. The summed E-state index contributed by atoms with van der Waals surface area (Å²) in [5.41, 5.74) is 9.93. The molecular weight excluding hydrogens is 450 g/mol. The number of rotatable bonds is 3. The molecule has 1 aliphatic heterocycles. The first-order valence-corrected chi connectivity index (χ1v) is 12.0. The van der Waals surface area contributed by atoms with E-state index in [-0.39, 0.29) is 22.9 Å². The van der Waals surface area contributed by atoms with Gasteiger partial charge in [0.15, 0.2) is 5.78 Å². The van der Waals surface area contributed by atoms with Crippen molar-refractivity contribution in [3.63, 3.8) is 0 Å². The van der Waals surface area contributed by atoms with Crippen molar-refractivity contribution in [2.24, 2.45) is 5.73 Å². The lowest BCUT2D eigenvalue weighted by atomic mass is 9.75. The second-order valence-electron chi connectivity index (χ2n) is 8.67. The number of nitro groups is 1. The van der Waals surface area contributed by atoms with Gasteiger partial charge in [0.25, 0.3) is 5.69 Å². The maximum Gasteiger partial charge on any atom is 0.269 e. The fourth-order valence-corrected chi connectivity index (χ4v) is 6.67. The van der Waals surface area contributed by atoms with E-state index in [1.165, 1.54) is 23.5 Å². The average molecular weight is 472 g/mol. The normalized spacial score (nSPS) is 19.9. The molecule has 9 heteroatoms. The summed E-state index contributed by atoms with van der Waals surface area (Å²) in [6.45, 7) is 0. The predicted octanol–water partition coefficient (Wildman–Crippen LogP) is 4.71. The number of nitriles is 2. The van der Waals surface area contributed by atoms with Crippen molar-refractivity contribution in [2.75, 3.05) is 4.90 Å². The van der Waals surface area contributed by atoms with E-state index in [1.54, 1.807) is 17.0 Å². The Bertz CT molecular complexity index is 1390. The number of nitrogens with zero attached hydrogens (tertiary/aromatic N) is 4. The quantitative estimate of drug-likeness (QED) is 0.505. The van der Waals surface area contributed by atoms with Gasteiger partial charge in [0.1, 0.15) is 16.9 Å². The number of nitrogens with two attached hydrogens (primary N) is 1. The largest absolute Gasteiger partial charge is 0.384 e. The highest BCUT2D eigenvalue weighted by molar-refractivity contribution is 7.16. The molecule has 34 heavy (non-hydrogen) atoms. The molecular formula is C25H21N5O3S. The Morgan fingerprint density at radius 1 is 1.12 bits per heavy atom. The third-order valence-corrected chi connectivity index (χ3v) is 8.07. The van der Waals surface area contributed by atoms with Gasteiger partial charge in [-0.3, -0.25) is 19.8 Å². The van der Waals surface area contributed by atoms with Gasteiger partial charge in [-0.15, -0.1) is 11.3 Å². The number of nitro benzene ring substituents is 1. The van der Waals surface area contributed by atoms with Crippen molar-refractivity contribution in [2.45, 2.75) is 50.9 Å². The lowest BCUT2D eigenvalue weighted by Crippen LogP contribution is -2.38. The second-order valence-corrected chi connectivity index (χ2v) is 9.75. The van der Waals surface area contributed by atoms with Crippen LogP contribution in [0.3, 0.4) is 0 Å². The van der Waals surface area contributed by atoms with Gasteiger partial charge in [-0.25, -0.2) is 0 Å². The number of aryl methyl sites for hydroxylation is 1. The van der Waals surface area contributed by atoms with Crippen molar-refractivity contribution in [3.05, 3.63) is 78.6 Å². The van der Waals surface area contributed by atoms with Gasteiger partial charge in [0, 0.05) is 34.7 Å². The third-order valence-electron chi connectivity index (χ3n) is 6.80. The monoisotopic (exact) mass is 471 g/mol. The summed E-state index contributed by atoms with van der Waals surface area (Å²) in [4.78, 5) is 27.1. The number of hydrogen-bond donors (Lipinski definition) is 1. The Morgan fingerprint density at radius 2 is 1.91 bits per heavy atom. The molecule has 1 aromatic heterocycles. The highest BCUT2D eigenvalue weighted by atomic mass is 32.1. The SMILES string of the molecule is N#CC1=C(N)N(c2sc3c(c2C#N)CCCC3)C2=C(C(=O)CCC2)C1c1cccc([N+](=O)[O-])c1. The van der Waals surface area contributed by atoms with Crippen LogP contribution in [0.5, 0.6) is 0 Å². The van der Waals surface area contributed by atoms with Gasteiger partial charge in [0.05, 0.1) is 28.0 Å². The summed E-state index contributed by atoms with van der Waals surface area (Å²) < 4.78 is 0. The Kier molecular flexibility index (Phi) is 5.43. The average Bonchev–Trinajstić information content (AvgIpc) is 3.21. The molecule has 8 nitrogen and oxygen atoms in total. The number of Topliss-reactive ketones (excluding diaryl/α,β-unsaturated/α-hetero) is 1. The molecule has 1 unspecified atom stereocenters. The maximum atomic E-state index is 13.3. The zero-order valence-electron chi connectivity index (χ0n) is 18.3. The Morgan fingerprint density at radius 3 is 2.65 bits per heavy atom. The number of carbonyl (C=O) groups excluding carboxylic acids is 1. The number of fused-ring (bicyclic) bond motifs is 1. The van der Waals surface area contributed by atoms with Crippen molar-refractivity contribution in [3.8, 4) is 12.1 Å². The van der Waals surface area contributed by atoms with E-state index in [9.17, 15) is 25.4 Å². The smallest absolute Gasteiger partial charge is 0.269 e. The number of carbonyl (C=O) groups is 1. The zero-order chi connectivity index (χ0) is 24.0. The second kappa shape index (κ2) is 8.44. The Hall–Kier alpha value is -3.95. The first-order chi connectivity index (χ1) is 16.5. The van der Waals surface area contributed by atoms with Crippen LogP contribution < -0.4 is 10.6 Å². The van der Waals surface area contributed by atoms with E-state index in [0.29, 0.717) is 46.7 Å². The van der Waals surface area contributed by atoms with Crippen LogP contribution in [0.4, 0.5) is 10.7 Å². The van der Waals surface area contributed by atoms with E-state index in [4.69, 9.17) is 5.73 Å². The molecule has 1 atom stereocenters. The van der Waals surface area contributed by atoms with Crippen molar-refractivity contribution >= 4 is 27.8 Å². The van der Waals surface area contributed by atoms with E-state index >= 15 is 0 Å².